The van der Waals surface area contributed by atoms with Gasteiger partial charge in [0.15, 0.2) is 11.4 Å². The molecular weight excluding hydrogens is 489 g/mol. The molecule has 1 atom stereocenters. The molecule has 1 heterocycles. The molecule has 1 aliphatic rings. The Balaban J connectivity index is 1.67. The molecule has 7 heteroatoms. The number of ketones is 1. The highest BCUT2D eigenvalue weighted by Crippen LogP contribution is 2.43. The fraction of sp³-hybridized carbons (Fsp3) is 0.130. The molecule has 152 valence electrons. The maximum Gasteiger partial charge on any atom is 0.264 e. The van der Waals surface area contributed by atoms with Crippen LogP contribution in [-0.2, 0) is 16.9 Å². The molecule has 1 aliphatic heterocycles. The summed E-state index contributed by atoms with van der Waals surface area (Å²) in [7, 11) is 0. The standard InChI is InChI=1S/C23H16BrCl2NO3/c24-16-8-6-15(7-9-16)21(28)12-23(30)17-3-1-2-4-20(17)27(22(23)29)13-14-5-10-18(25)19(26)11-14/h1-11,30H,12-13H2/t23-/m0/s1. The van der Waals surface area contributed by atoms with Gasteiger partial charge in [0.1, 0.15) is 0 Å². The number of rotatable bonds is 5. The normalized spacial score (nSPS) is 17.9. The first-order valence-electron chi connectivity index (χ1n) is 9.16. The van der Waals surface area contributed by atoms with Gasteiger partial charge in [0.25, 0.3) is 5.91 Å². The first-order chi connectivity index (χ1) is 14.3. The highest BCUT2D eigenvalue weighted by molar-refractivity contribution is 9.10. The zero-order chi connectivity index (χ0) is 21.5. The van der Waals surface area contributed by atoms with Crippen molar-refractivity contribution in [3.8, 4) is 0 Å². The van der Waals surface area contributed by atoms with Crippen LogP contribution in [0.4, 0.5) is 5.69 Å². The van der Waals surface area contributed by atoms with E-state index in [4.69, 9.17) is 23.2 Å². The van der Waals surface area contributed by atoms with Crippen LogP contribution < -0.4 is 4.90 Å². The van der Waals surface area contributed by atoms with Crippen LogP contribution in [-0.4, -0.2) is 16.8 Å². The van der Waals surface area contributed by atoms with Crippen molar-refractivity contribution in [1.29, 1.82) is 0 Å². The third-order valence-electron chi connectivity index (χ3n) is 5.15. The smallest absolute Gasteiger partial charge is 0.264 e. The Labute approximate surface area is 192 Å². The molecule has 0 fully saturated rings. The topological polar surface area (TPSA) is 57.6 Å². The van der Waals surface area contributed by atoms with Crippen LogP contribution in [0.2, 0.25) is 10.0 Å². The number of carbonyl (C=O) groups excluding carboxylic acids is 2. The van der Waals surface area contributed by atoms with Crippen molar-refractivity contribution in [2.24, 2.45) is 0 Å². The summed E-state index contributed by atoms with van der Waals surface area (Å²) in [6.07, 6.45) is -0.345. The summed E-state index contributed by atoms with van der Waals surface area (Å²) in [5.41, 5.74) is 0.243. The molecular formula is C23H16BrCl2NO3. The largest absolute Gasteiger partial charge is 0.375 e. The van der Waals surface area contributed by atoms with Crippen LogP contribution in [0.1, 0.15) is 27.9 Å². The molecule has 30 heavy (non-hydrogen) atoms. The van der Waals surface area contributed by atoms with Gasteiger partial charge in [0.05, 0.1) is 28.7 Å². The highest BCUT2D eigenvalue weighted by atomic mass is 79.9. The van der Waals surface area contributed by atoms with Crippen molar-refractivity contribution in [2.45, 2.75) is 18.6 Å². The van der Waals surface area contributed by atoms with E-state index in [1.807, 2.05) is 0 Å². The van der Waals surface area contributed by atoms with Crippen LogP contribution in [0.3, 0.4) is 0 Å². The number of para-hydroxylation sites is 1. The summed E-state index contributed by atoms with van der Waals surface area (Å²) >= 11 is 15.4. The Morgan fingerprint density at radius 3 is 2.40 bits per heavy atom. The van der Waals surface area contributed by atoms with Crippen LogP contribution in [0.15, 0.2) is 71.2 Å². The molecule has 3 aromatic carbocycles. The number of Topliss-reactive ketones (excluding diaryl/α,β-unsaturated/α-hetero) is 1. The van der Waals surface area contributed by atoms with Gasteiger partial charge in [-0.2, -0.15) is 0 Å². The average molecular weight is 505 g/mol. The SMILES string of the molecule is O=C(C[C@@]1(O)C(=O)N(Cc2ccc(Cl)c(Cl)c2)c2ccccc21)c1ccc(Br)cc1. The van der Waals surface area contributed by atoms with Crippen molar-refractivity contribution in [2.75, 3.05) is 4.90 Å². The van der Waals surface area contributed by atoms with E-state index < -0.39 is 11.5 Å². The Morgan fingerprint density at radius 2 is 1.70 bits per heavy atom. The van der Waals surface area contributed by atoms with Gasteiger partial charge in [-0.3, -0.25) is 9.59 Å². The monoisotopic (exact) mass is 503 g/mol. The molecule has 0 saturated carbocycles. The van der Waals surface area contributed by atoms with Gasteiger partial charge in [-0.15, -0.1) is 0 Å². The lowest BCUT2D eigenvalue weighted by molar-refractivity contribution is -0.136. The maximum absolute atomic E-state index is 13.3. The lowest BCUT2D eigenvalue weighted by Gasteiger charge is -2.23. The Morgan fingerprint density at radius 1 is 1.00 bits per heavy atom. The number of nitrogens with zero attached hydrogens (tertiary/aromatic N) is 1. The molecule has 1 amide bonds. The van der Waals surface area contributed by atoms with Crippen molar-refractivity contribution < 1.29 is 14.7 Å². The predicted molar refractivity (Wildman–Crippen MR) is 121 cm³/mol. The van der Waals surface area contributed by atoms with Crippen LogP contribution in [0.5, 0.6) is 0 Å². The molecule has 4 nitrogen and oxygen atoms in total. The van der Waals surface area contributed by atoms with E-state index in [1.165, 1.54) is 4.90 Å². The van der Waals surface area contributed by atoms with Gasteiger partial charge in [0.2, 0.25) is 0 Å². The molecule has 0 saturated heterocycles. The predicted octanol–water partition coefficient (Wildman–Crippen LogP) is 5.76. The Bertz CT molecular complexity index is 1150. The van der Waals surface area contributed by atoms with Crippen LogP contribution >= 0.6 is 39.1 Å². The summed E-state index contributed by atoms with van der Waals surface area (Å²) < 4.78 is 0.841. The molecule has 0 aromatic heterocycles. The lowest BCUT2D eigenvalue weighted by atomic mass is 9.88. The van der Waals surface area contributed by atoms with Gasteiger partial charge in [-0.25, -0.2) is 0 Å². The molecule has 1 N–H and O–H groups in total. The molecule has 0 unspecified atom stereocenters. The number of amides is 1. The highest BCUT2D eigenvalue weighted by Gasteiger charge is 2.50. The molecule has 0 radical (unpaired) electrons. The van der Waals surface area contributed by atoms with E-state index in [2.05, 4.69) is 15.9 Å². The summed E-state index contributed by atoms with van der Waals surface area (Å²) in [5.74, 6) is -0.857. The lowest BCUT2D eigenvalue weighted by Crippen LogP contribution is -2.41. The second-order valence-corrected chi connectivity index (χ2v) is 8.85. The third-order valence-corrected chi connectivity index (χ3v) is 6.41. The Hall–Kier alpha value is -2.18. The fourth-order valence-electron chi connectivity index (χ4n) is 3.63. The number of aliphatic hydroxyl groups is 1. The van der Waals surface area contributed by atoms with Gasteiger partial charge in [-0.05, 0) is 35.9 Å². The zero-order valence-electron chi connectivity index (χ0n) is 15.6. The van der Waals surface area contributed by atoms with Gasteiger partial charge in [-0.1, -0.05) is 75.5 Å². The minimum absolute atomic E-state index is 0.196. The summed E-state index contributed by atoms with van der Waals surface area (Å²) in [6.45, 7) is 0.196. The van der Waals surface area contributed by atoms with Crippen LogP contribution in [0, 0.1) is 0 Å². The number of carbonyl (C=O) groups is 2. The van der Waals surface area contributed by atoms with Crippen LogP contribution in [0.25, 0.3) is 0 Å². The summed E-state index contributed by atoms with van der Waals surface area (Å²) in [5, 5.41) is 12.2. The number of hydrogen-bond acceptors (Lipinski definition) is 3. The Kier molecular flexibility index (Phi) is 5.73. The van der Waals surface area contributed by atoms with Crippen molar-refractivity contribution in [1.82, 2.24) is 0 Å². The quantitative estimate of drug-likeness (QED) is 0.449. The average Bonchev–Trinajstić information content (AvgIpc) is 2.93. The van der Waals surface area contributed by atoms with E-state index in [-0.39, 0.29) is 18.7 Å². The van der Waals surface area contributed by atoms with E-state index in [0.29, 0.717) is 26.9 Å². The number of hydrogen-bond donors (Lipinski definition) is 1. The minimum Gasteiger partial charge on any atom is -0.375 e. The first-order valence-corrected chi connectivity index (χ1v) is 10.7. The molecule has 3 aromatic rings. The van der Waals surface area contributed by atoms with Gasteiger partial charge < -0.3 is 10.0 Å². The number of benzene rings is 3. The second kappa shape index (κ2) is 8.16. The first kappa shape index (κ1) is 21.1. The molecule has 0 bridgehead atoms. The van der Waals surface area contributed by atoms with E-state index in [1.54, 1.807) is 66.7 Å². The van der Waals surface area contributed by atoms with E-state index in [9.17, 15) is 14.7 Å². The maximum atomic E-state index is 13.3. The van der Waals surface area contributed by atoms with Crippen molar-refractivity contribution in [3.63, 3.8) is 0 Å². The zero-order valence-corrected chi connectivity index (χ0v) is 18.7. The number of anilines is 1. The number of halogens is 3. The molecule has 0 aliphatic carbocycles. The fourth-order valence-corrected chi connectivity index (χ4v) is 4.21. The third kappa shape index (κ3) is 3.79. The van der Waals surface area contributed by atoms with Crippen molar-refractivity contribution >= 4 is 56.5 Å². The van der Waals surface area contributed by atoms with E-state index >= 15 is 0 Å². The number of fused-ring (bicyclic) bond motifs is 1. The second-order valence-electron chi connectivity index (χ2n) is 7.12. The minimum atomic E-state index is -1.93. The van der Waals surface area contributed by atoms with Gasteiger partial charge >= 0.3 is 0 Å². The van der Waals surface area contributed by atoms with Gasteiger partial charge in [0, 0.05) is 15.6 Å². The summed E-state index contributed by atoms with van der Waals surface area (Å²) in [4.78, 5) is 27.6. The van der Waals surface area contributed by atoms with E-state index in [0.717, 1.165) is 10.0 Å². The van der Waals surface area contributed by atoms with Crippen molar-refractivity contribution in [3.05, 3.63) is 97.9 Å². The molecule has 4 rings (SSSR count). The summed E-state index contributed by atoms with van der Waals surface area (Å²) in [6, 6.07) is 18.9. The molecule has 0 spiro atoms.